The molecule has 0 aromatic rings. The van der Waals surface area contributed by atoms with Gasteiger partial charge in [-0.2, -0.15) is 0 Å². The predicted octanol–water partition coefficient (Wildman–Crippen LogP) is 1.01. The minimum Gasteiger partial charge on any atom is -0.501 e. The maximum absolute atomic E-state index is 5.22. The maximum Gasteiger partial charge on any atom is 0.0944 e. The van der Waals surface area contributed by atoms with Crippen LogP contribution in [-0.2, 0) is 4.74 Å². The van der Waals surface area contributed by atoms with E-state index in [1.54, 1.807) is 13.2 Å². The first-order chi connectivity index (χ1) is 3.66. The van der Waals surface area contributed by atoms with Gasteiger partial charge >= 0.3 is 0 Å². The van der Waals surface area contributed by atoms with Gasteiger partial charge in [0.1, 0.15) is 0 Å². The number of allylic oxidation sites excluding steroid dienone is 2. The van der Waals surface area contributed by atoms with Gasteiger partial charge in [-0.1, -0.05) is 6.58 Å². The fourth-order valence-electron chi connectivity index (χ4n) is 0.320. The fraction of sp³-hybridized carbons (Fsp3) is 0.333. The van der Waals surface area contributed by atoms with E-state index in [1.807, 2.05) is 6.92 Å². The van der Waals surface area contributed by atoms with Crippen molar-refractivity contribution in [2.24, 2.45) is 5.73 Å². The van der Waals surface area contributed by atoms with Gasteiger partial charge in [0.2, 0.25) is 0 Å². The van der Waals surface area contributed by atoms with Crippen molar-refractivity contribution in [2.45, 2.75) is 6.92 Å². The second-order valence-corrected chi connectivity index (χ2v) is 1.53. The zero-order chi connectivity index (χ0) is 6.57. The Kier molecular flexibility index (Phi) is 2.77. The minimum atomic E-state index is 0.518. The summed E-state index contributed by atoms with van der Waals surface area (Å²) in [6.45, 7) is 5.28. The molecule has 0 bridgehead atoms. The zero-order valence-electron chi connectivity index (χ0n) is 5.27. The number of methoxy groups -OCH3 is 1. The molecule has 0 fully saturated rings. The van der Waals surface area contributed by atoms with E-state index >= 15 is 0 Å². The average Bonchev–Trinajstić information content (AvgIpc) is 1.65. The molecule has 2 nitrogen and oxygen atoms in total. The van der Waals surface area contributed by atoms with E-state index < -0.39 is 0 Å². The van der Waals surface area contributed by atoms with E-state index in [2.05, 4.69) is 6.58 Å². The first-order valence-electron chi connectivity index (χ1n) is 2.33. The van der Waals surface area contributed by atoms with Crippen molar-refractivity contribution in [3.8, 4) is 0 Å². The topological polar surface area (TPSA) is 35.2 Å². The number of rotatable bonds is 2. The summed E-state index contributed by atoms with van der Waals surface area (Å²) in [5.74, 6) is 0.775. The van der Waals surface area contributed by atoms with Crippen LogP contribution in [0.3, 0.4) is 0 Å². The van der Waals surface area contributed by atoms with Crippen LogP contribution in [-0.4, -0.2) is 7.11 Å². The van der Waals surface area contributed by atoms with Crippen LogP contribution >= 0.6 is 0 Å². The molecule has 2 heteroatoms. The summed E-state index contributed by atoms with van der Waals surface area (Å²) in [4.78, 5) is 0. The van der Waals surface area contributed by atoms with Crippen molar-refractivity contribution in [3.63, 3.8) is 0 Å². The van der Waals surface area contributed by atoms with Crippen LogP contribution in [0.15, 0.2) is 24.1 Å². The summed E-state index contributed by atoms with van der Waals surface area (Å²) >= 11 is 0. The van der Waals surface area contributed by atoms with Gasteiger partial charge in [0, 0.05) is 5.70 Å². The number of ether oxygens (including phenoxy) is 1. The summed E-state index contributed by atoms with van der Waals surface area (Å²) in [7, 11) is 1.59. The lowest BCUT2D eigenvalue weighted by Gasteiger charge is -1.95. The smallest absolute Gasteiger partial charge is 0.0944 e. The fourth-order valence-corrected chi connectivity index (χ4v) is 0.320. The summed E-state index contributed by atoms with van der Waals surface area (Å²) < 4.78 is 4.78. The van der Waals surface area contributed by atoms with Crippen molar-refractivity contribution in [1.29, 1.82) is 0 Å². The van der Waals surface area contributed by atoms with Crippen molar-refractivity contribution < 1.29 is 4.74 Å². The highest BCUT2D eigenvalue weighted by atomic mass is 16.5. The molecule has 0 aromatic carbocycles. The lowest BCUT2D eigenvalue weighted by atomic mass is 10.4. The van der Waals surface area contributed by atoms with E-state index in [-0.39, 0.29) is 0 Å². The third kappa shape index (κ3) is 3.28. The third-order valence-electron chi connectivity index (χ3n) is 0.711. The molecular formula is C6H11NO. The van der Waals surface area contributed by atoms with E-state index in [4.69, 9.17) is 10.5 Å². The highest BCUT2D eigenvalue weighted by Crippen LogP contribution is 1.93. The summed E-state index contributed by atoms with van der Waals surface area (Å²) in [5.41, 5.74) is 5.74. The van der Waals surface area contributed by atoms with E-state index in [1.165, 1.54) is 0 Å². The standard InChI is InChI=1S/C6H11NO/c1-5(7)4-6(2)8-3/h4H,1,7H2,2-3H3/b6-4-. The first kappa shape index (κ1) is 7.08. The molecule has 8 heavy (non-hydrogen) atoms. The molecule has 0 saturated carbocycles. The number of nitrogens with two attached hydrogens (primary N) is 1. The van der Waals surface area contributed by atoms with Gasteiger partial charge < -0.3 is 10.5 Å². The van der Waals surface area contributed by atoms with Crippen LogP contribution in [0.25, 0.3) is 0 Å². The summed E-state index contributed by atoms with van der Waals surface area (Å²) in [5, 5.41) is 0. The van der Waals surface area contributed by atoms with Crippen molar-refractivity contribution >= 4 is 0 Å². The lowest BCUT2D eigenvalue weighted by molar-refractivity contribution is 0.293. The van der Waals surface area contributed by atoms with E-state index in [9.17, 15) is 0 Å². The van der Waals surface area contributed by atoms with Gasteiger partial charge in [0.25, 0.3) is 0 Å². The Hall–Kier alpha value is -0.920. The van der Waals surface area contributed by atoms with Crippen LogP contribution < -0.4 is 5.73 Å². The molecule has 2 N–H and O–H groups in total. The molecule has 0 unspecified atom stereocenters. The molecule has 0 aromatic heterocycles. The van der Waals surface area contributed by atoms with Crippen molar-refractivity contribution in [1.82, 2.24) is 0 Å². The molecule has 0 spiro atoms. The van der Waals surface area contributed by atoms with Gasteiger partial charge in [-0.15, -0.1) is 0 Å². The van der Waals surface area contributed by atoms with Crippen LogP contribution in [0.5, 0.6) is 0 Å². The number of hydrogen-bond donors (Lipinski definition) is 1. The second-order valence-electron chi connectivity index (χ2n) is 1.53. The van der Waals surface area contributed by atoms with Crippen LogP contribution in [0.1, 0.15) is 6.92 Å². The molecule has 0 aliphatic carbocycles. The van der Waals surface area contributed by atoms with Gasteiger partial charge in [-0.05, 0) is 13.0 Å². The van der Waals surface area contributed by atoms with Gasteiger partial charge in [-0.3, -0.25) is 0 Å². The highest BCUT2D eigenvalue weighted by molar-refractivity contribution is 5.12. The number of hydrogen-bond acceptors (Lipinski definition) is 2. The Morgan fingerprint density at radius 3 is 2.38 bits per heavy atom. The molecule has 0 heterocycles. The highest BCUT2D eigenvalue weighted by Gasteiger charge is 1.81. The maximum atomic E-state index is 5.22. The van der Waals surface area contributed by atoms with Crippen LogP contribution in [0, 0.1) is 0 Å². The Bertz CT molecular complexity index is 116. The SMILES string of the molecule is C=C(N)/C=C(/C)OC. The molecule has 46 valence electrons. The van der Waals surface area contributed by atoms with Gasteiger partial charge in [-0.25, -0.2) is 0 Å². The summed E-state index contributed by atoms with van der Waals surface area (Å²) in [6.07, 6.45) is 1.67. The van der Waals surface area contributed by atoms with Crippen LogP contribution in [0.2, 0.25) is 0 Å². The Morgan fingerprint density at radius 1 is 1.75 bits per heavy atom. The zero-order valence-corrected chi connectivity index (χ0v) is 5.27. The van der Waals surface area contributed by atoms with Gasteiger partial charge in [0.15, 0.2) is 0 Å². The van der Waals surface area contributed by atoms with Crippen molar-refractivity contribution in [2.75, 3.05) is 7.11 Å². The lowest BCUT2D eigenvalue weighted by Crippen LogP contribution is -1.91. The Labute approximate surface area is 49.6 Å². The van der Waals surface area contributed by atoms with E-state index in [0.717, 1.165) is 5.76 Å². The van der Waals surface area contributed by atoms with Crippen LogP contribution in [0.4, 0.5) is 0 Å². The molecule has 0 radical (unpaired) electrons. The molecule has 0 aliphatic heterocycles. The molecule has 0 rings (SSSR count). The normalized spacial score (nSPS) is 11.0. The largest absolute Gasteiger partial charge is 0.501 e. The van der Waals surface area contributed by atoms with E-state index in [0.29, 0.717) is 5.70 Å². The Morgan fingerprint density at radius 2 is 2.25 bits per heavy atom. The second kappa shape index (κ2) is 3.13. The Balaban J connectivity index is 3.75. The minimum absolute atomic E-state index is 0.518. The first-order valence-corrected chi connectivity index (χ1v) is 2.33. The third-order valence-corrected chi connectivity index (χ3v) is 0.711. The monoisotopic (exact) mass is 113 g/mol. The molecule has 0 saturated heterocycles. The molecule has 0 aliphatic rings. The molecule has 0 atom stereocenters. The summed E-state index contributed by atoms with van der Waals surface area (Å²) in [6, 6.07) is 0. The quantitative estimate of drug-likeness (QED) is 0.428. The van der Waals surface area contributed by atoms with Gasteiger partial charge in [0.05, 0.1) is 12.9 Å². The predicted molar refractivity (Wildman–Crippen MR) is 34.1 cm³/mol. The van der Waals surface area contributed by atoms with Crippen molar-refractivity contribution in [3.05, 3.63) is 24.1 Å². The molecular weight excluding hydrogens is 102 g/mol. The molecule has 0 amide bonds. The average molecular weight is 113 g/mol.